The van der Waals surface area contributed by atoms with Crippen molar-refractivity contribution in [2.75, 3.05) is 24.5 Å². The molecular weight excluding hydrogens is 454 g/mol. The van der Waals surface area contributed by atoms with Gasteiger partial charge in [0.05, 0.1) is 0 Å². The second-order valence-electron chi connectivity index (χ2n) is 8.64. The van der Waals surface area contributed by atoms with E-state index < -0.39 is 0 Å². The third-order valence-electron chi connectivity index (χ3n) is 6.17. The van der Waals surface area contributed by atoms with E-state index in [1.54, 1.807) is 31.6 Å². The molecule has 34 heavy (non-hydrogen) atoms. The fourth-order valence-corrected chi connectivity index (χ4v) is 4.50. The van der Waals surface area contributed by atoms with Crippen molar-refractivity contribution in [3.63, 3.8) is 0 Å². The highest BCUT2D eigenvalue weighted by atomic mass is 35.5. The third-order valence-corrected chi connectivity index (χ3v) is 6.39. The normalized spacial score (nSPS) is 17.0. The summed E-state index contributed by atoms with van der Waals surface area (Å²) < 4.78 is 6.28. The summed E-state index contributed by atoms with van der Waals surface area (Å²) in [6, 6.07) is 5.28. The number of piperidine rings is 1. The minimum Gasteiger partial charge on any atom is -0.490 e. The summed E-state index contributed by atoms with van der Waals surface area (Å²) in [5.41, 5.74) is 3.12. The van der Waals surface area contributed by atoms with Gasteiger partial charge in [0.1, 0.15) is 24.0 Å². The van der Waals surface area contributed by atoms with E-state index in [-0.39, 0.29) is 30.8 Å². The molecule has 0 unspecified atom stereocenters. The number of carbonyl (C=O) groups is 2. The molecule has 2 aliphatic heterocycles. The van der Waals surface area contributed by atoms with Gasteiger partial charge >= 0.3 is 0 Å². The molecule has 1 fully saturated rings. The minimum atomic E-state index is -0.303. The smallest absolute Gasteiger partial charge is 0.252 e. The fraction of sp³-hybridized carbons (Fsp3) is 0.400. The van der Waals surface area contributed by atoms with Gasteiger partial charge in [0, 0.05) is 78.2 Å². The van der Waals surface area contributed by atoms with Crippen molar-refractivity contribution in [3.05, 3.63) is 58.1 Å². The number of nitrogens with one attached hydrogen (secondary N) is 1. The molecule has 3 heterocycles. The van der Waals surface area contributed by atoms with Gasteiger partial charge in [-0.2, -0.15) is 0 Å². The predicted molar refractivity (Wildman–Crippen MR) is 132 cm³/mol. The summed E-state index contributed by atoms with van der Waals surface area (Å²) in [6.45, 7) is 7.23. The van der Waals surface area contributed by atoms with Crippen molar-refractivity contribution in [1.82, 2.24) is 15.3 Å². The van der Waals surface area contributed by atoms with Gasteiger partial charge in [0.2, 0.25) is 0 Å². The van der Waals surface area contributed by atoms with Crippen molar-refractivity contribution < 1.29 is 14.3 Å². The van der Waals surface area contributed by atoms with Gasteiger partial charge in [-0.3, -0.25) is 14.6 Å². The summed E-state index contributed by atoms with van der Waals surface area (Å²) in [5, 5.41) is 3.27. The molecule has 9 heteroatoms. The van der Waals surface area contributed by atoms with Gasteiger partial charge in [-0.15, -0.1) is 0 Å². The number of ether oxygens (including phenoxy) is 1. The molecule has 178 valence electrons. The first-order chi connectivity index (χ1) is 16.3. The molecule has 0 spiro atoms. The van der Waals surface area contributed by atoms with Crippen LogP contribution in [0.2, 0.25) is 5.02 Å². The molecule has 1 aromatic heterocycles. The van der Waals surface area contributed by atoms with Gasteiger partial charge < -0.3 is 15.0 Å². The zero-order valence-corrected chi connectivity index (χ0v) is 20.4. The number of ketones is 1. The zero-order valence-electron chi connectivity index (χ0n) is 19.6. The average molecular weight is 482 g/mol. The average Bonchev–Trinajstić information content (AvgIpc) is 2.81. The van der Waals surface area contributed by atoms with Crippen LogP contribution in [0, 0.1) is 6.92 Å². The summed E-state index contributed by atoms with van der Waals surface area (Å²) in [7, 11) is 0. The first kappa shape index (κ1) is 23.9. The Labute approximate surface area is 204 Å². The number of Topliss-reactive ketones (excluding diaryl/α,β-unsaturated/α-hetero) is 1. The summed E-state index contributed by atoms with van der Waals surface area (Å²) in [4.78, 5) is 40.2. The molecule has 2 aromatic rings. The SMILES string of the molecule is CC1=NC(C)=C(CNC(=O)c2cc(Cl)cc(OC3CCN(c4ccncn4)CC3)c2C)C(=O)C1. The Morgan fingerprint density at radius 3 is 2.68 bits per heavy atom. The van der Waals surface area contributed by atoms with E-state index in [0.717, 1.165) is 43.0 Å². The van der Waals surface area contributed by atoms with Crippen LogP contribution in [0.25, 0.3) is 0 Å². The number of halogens is 1. The number of benzene rings is 1. The number of aliphatic imine (C=N–C) groups is 1. The number of aromatic nitrogens is 2. The van der Waals surface area contributed by atoms with E-state index in [4.69, 9.17) is 16.3 Å². The number of allylic oxidation sites excluding steroid dienone is 1. The van der Waals surface area contributed by atoms with E-state index >= 15 is 0 Å². The summed E-state index contributed by atoms with van der Waals surface area (Å²) in [5.74, 6) is 1.20. The number of hydrogen-bond acceptors (Lipinski definition) is 7. The second-order valence-corrected chi connectivity index (χ2v) is 9.08. The highest BCUT2D eigenvalue weighted by molar-refractivity contribution is 6.31. The van der Waals surface area contributed by atoms with Gasteiger partial charge in [-0.1, -0.05) is 11.6 Å². The Bertz CT molecular complexity index is 1150. The lowest BCUT2D eigenvalue weighted by molar-refractivity contribution is -0.114. The Hall–Kier alpha value is -3.26. The lowest BCUT2D eigenvalue weighted by Gasteiger charge is -2.33. The molecule has 1 saturated heterocycles. The number of nitrogens with zero attached hydrogens (tertiary/aromatic N) is 4. The van der Waals surface area contributed by atoms with Crippen molar-refractivity contribution in [2.45, 2.75) is 46.1 Å². The standard InChI is InChI=1S/C25H28ClN5O3/c1-15-10-22(32)21(17(3)30-15)13-28-25(33)20-11-18(26)12-23(16(20)2)34-19-5-8-31(9-6-19)24-4-7-27-14-29-24/h4,7,11-12,14,19H,5-6,8-10,13H2,1-3H3,(H,28,33). The van der Waals surface area contributed by atoms with Gasteiger partial charge in [-0.05, 0) is 39.0 Å². The van der Waals surface area contributed by atoms with Crippen LogP contribution in [0.1, 0.15) is 49.0 Å². The Kier molecular flexibility index (Phi) is 7.26. The molecule has 4 rings (SSSR count). The fourth-order valence-electron chi connectivity index (χ4n) is 4.29. The number of carbonyl (C=O) groups excluding carboxylic acids is 2. The molecule has 1 amide bonds. The predicted octanol–water partition coefficient (Wildman–Crippen LogP) is 3.92. The molecule has 2 aliphatic rings. The first-order valence-electron chi connectivity index (χ1n) is 11.3. The van der Waals surface area contributed by atoms with Crippen LogP contribution in [-0.2, 0) is 4.79 Å². The van der Waals surface area contributed by atoms with E-state index in [1.807, 2.05) is 19.9 Å². The van der Waals surface area contributed by atoms with Crippen LogP contribution < -0.4 is 15.0 Å². The molecule has 0 aliphatic carbocycles. The molecule has 0 saturated carbocycles. The monoisotopic (exact) mass is 481 g/mol. The molecule has 1 N–H and O–H groups in total. The quantitative estimate of drug-likeness (QED) is 0.671. The molecule has 0 atom stereocenters. The number of anilines is 1. The molecule has 0 radical (unpaired) electrons. The number of hydrogen-bond donors (Lipinski definition) is 1. The van der Waals surface area contributed by atoms with Crippen molar-refractivity contribution in [2.24, 2.45) is 4.99 Å². The van der Waals surface area contributed by atoms with E-state index in [2.05, 4.69) is 25.2 Å². The summed E-state index contributed by atoms with van der Waals surface area (Å²) in [6.07, 6.45) is 5.24. The lowest BCUT2D eigenvalue weighted by Crippen LogP contribution is -2.38. The highest BCUT2D eigenvalue weighted by Crippen LogP contribution is 2.30. The maximum Gasteiger partial charge on any atom is 0.252 e. The Morgan fingerprint density at radius 2 is 2.00 bits per heavy atom. The van der Waals surface area contributed by atoms with Crippen molar-refractivity contribution >= 4 is 34.8 Å². The Morgan fingerprint density at radius 1 is 1.24 bits per heavy atom. The van der Waals surface area contributed by atoms with Crippen LogP contribution in [0.5, 0.6) is 5.75 Å². The van der Waals surface area contributed by atoms with Crippen molar-refractivity contribution in [3.8, 4) is 5.75 Å². The van der Waals surface area contributed by atoms with Gasteiger partial charge in [0.15, 0.2) is 5.78 Å². The highest BCUT2D eigenvalue weighted by Gasteiger charge is 2.24. The number of rotatable bonds is 6. The van der Waals surface area contributed by atoms with E-state index in [1.165, 1.54) is 0 Å². The molecule has 8 nitrogen and oxygen atoms in total. The van der Waals surface area contributed by atoms with Crippen LogP contribution in [0.15, 0.2) is 47.0 Å². The minimum absolute atomic E-state index is 0.00885. The maximum absolute atomic E-state index is 13.0. The summed E-state index contributed by atoms with van der Waals surface area (Å²) >= 11 is 6.33. The van der Waals surface area contributed by atoms with E-state index in [0.29, 0.717) is 27.6 Å². The zero-order chi connectivity index (χ0) is 24.2. The van der Waals surface area contributed by atoms with Crippen LogP contribution in [0.3, 0.4) is 0 Å². The van der Waals surface area contributed by atoms with Crippen molar-refractivity contribution in [1.29, 1.82) is 0 Å². The van der Waals surface area contributed by atoms with Crippen LogP contribution in [-0.4, -0.2) is 53.1 Å². The third kappa shape index (κ3) is 5.44. The van der Waals surface area contributed by atoms with Crippen LogP contribution in [0.4, 0.5) is 5.82 Å². The van der Waals surface area contributed by atoms with Gasteiger partial charge in [-0.25, -0.2) is 9.97 Å². The van der Waals surface area contributed by atoms with Gasteiger partial charge in [0.25, 0.3) is 5.91 Å². The number of amides is 1. The Balaban J connectivity index is 1.41. The molecule has 0 bridgehead atoms. The lowest BCUT2D eigenvalue weighted by atomic mass is 10.0. The first-order valence-corrected chi connectivity index (χ1v) is 11.7. The molecule has 1 aromatic carbocycles. The molecular formula is C25H28ClN5O3. The topological polar surface area (TPSA) is 96.8 Å². The second kappa shape index (κ2) is 10.3. The van der Waals surface area contributed by atoms with E-state index in [9.17, 15) is 9.59 Å². The maximum atomic E-state index is 13.0. The van der Waals surface area contributed by atoms with Crippen LogP contribution >= 0.6 is 11.6 Å². The largest absolute Gasteiger partial charge is 0.490 e.